The molecule has 134 valence electrons. The van der Waals surface area contributed by atoms with Gasteiger partial charge in [-0.3, -0.25) is 9.59 Å². The zero-order chi connectivity index (χ0) is 18.7. The van der Waals surface area contributed by atoms with Gasteiger partial charge in [-0.15, -0.1) is 0 Å². The number of piperazine rings is 1. The maximum absolute atomic E-state index is 13.9. The summed E-state index contributed by atoms with van der Waals surface area (Å²) < 4.78 is 13.9. The van der Waals surface area contributed by atoms with Crippen molar-refractivity contribution in [2.75, 3.05) is 31.1 Å². The first kappa shape index (κ1) is 17.7. The van der Waals surface area contributed by atoms with Gasteiger partial charge in [-0.25, -0.2) is 4.39 Å². The van der Waals surface area contributed by atoms with E-state index in [9.17, 15) is 18.9 Å². The van der Waals surface area contributed by atoms with E-state index in [1.165, 1.54) is 19.1 Å². The van der Waals surface area contributed by atoms with Gasteiger partial charge in [0.05, 0.1) is 5.56 Å². The van der Waals surface area contributed by atoms with Gasteiger partial charge in [0.15, 0.2) is 5.78 Å². The van der Waals surface area contributed by atoms with Gasteiger partial charge in [0.1, 0.15) is 5.82 Å². The number of hydrogen-bond donors (Lipinski definition) is 1. The van der Waals surface area contributed by atoms with Crippen molar-refractivity contribution in [2.45, 2.75) is 6.92 Å². The first-order chi connectivity index (χ1) is 12.5. The summed E-state index contributed by atoms with van der Waals surface area (Å²) in [4.78, 5) is 38.3. The van der Waals surface area contributed by atoms with Crippen molar-refractivity contribution in [2.24, 2.45) is 0 Å². The van der Waals surface area contributed by atoms with Crippen LogP contribution in [0.25, 0.3) is 0 Å². The molecule has 2 aromatic carbocycles. The Morgan fingerprint density at radius 2 is 1.65 bits per heavy atom. The summed E-state index contributed by atoms with van der Waals surface area (Å²) in [7, 11) is 0. The van der Waals surface area contributed by atoms with E-state index in [1.54, 1.807) is 22.2 Å². The molecule has 1 heterocycles. The Kier molecular flexibility index (Phi) is 5.06. The highest BCUT2D eigenvalue weighted by atomic mass is 19.1. The van der Waals surface area contributed by atoms with Gasteiger partial charge in [0.25, 0.3) is 11.6 Å². The average Bonchev–Trinajstić information content (AvgIpc) is 2.68. The average molecular weight is 356 g/mol. The van der Waals surface area contributed by atoms with Gasteiger partial charge >= 0.3 is 0 Å². The summed E-state index contributed by atoms with van der Waals surface area (Å²) in [5, 5.41) is 1.67. The van der Waals surface area contributed by atoms with E-state index in [-0.39, 0.29) is 17.0 Å². The largest absolute Gasteiger partial charge is 0.368 e. The molecule has 0 unspecified atom stereocenters. The molecule has 7 heteroatoms. The summed E-state index contributed by atoms with van der Waals surface area (Å²) >= 11 is 0. The maximum Gasteiger partial charge on any atom is 0.257 e. The van der Waals surface area contributed by atoms with Crippen LogP contribution >= 0.6 is 0 Å². The molecule has 26 heavy (non-hydrogen) atoms. The standard InChI is InChI=1S/C19H18FN3O3/c1-13(24)14-2-5-16(6-3-14)22-8-10-23(11-9-22)19(25)17-12-15(21-26)4-7-18(17)20/h2-7,12H,8-11H2,1H3/p+1. The minimum atomic E-state index is -0.642. The number of hydrogen-bond acceptors (Lipinski definition) is 4. The number of rotatable bonds is 4. The van der Waals surface area contributed by atoms with Crippen molar-refractivity contribution in [1.82, 2.24) is 4.90 Å². The van der Waals surface area contributed by atoms with E-state index in [1.807, 2.05) is 12.1 Å². The number of amides is 1. The van der Waals surface area contributed by atoms with E-state index in [2.05, 4.69) is 4.90 Å². The van der Waals surface area contributed by atoms with Gasteiger partial charge in [0, 0.05) is 59.6 Å². The van der Waals surface area contributed by atoms with Crippen molar-refractivity contribution < 1.29 is 19.2 Å². The first-order valence-electron chi connectivity index (χ1n) is 8.32. The summed E-state index contributed by atoms with van der Waals surface area (Å²) in [6, 6.07) is 11.0. The number of benzene rings is 2. The van der Waals surface area contributed by atoms with Crippen LogP contribution in [0.1, 0.15) is 27.6 Å². The molecule has 6 nitrogen and oxygen atoms in total. The lowest BCUT2D eigenvalue weighted by atomic mass is 10.1. The predicted molar refractivity (Wildman–Crippen MR) is 95.0 cm³/mol. The smallest absolute Gasteiger partial charge is 0.257 e. The summed E-state index contributed by atoms with van der Waals surface area (Å²) in [5.74, 6) is -1.05. The number of ketones is 1. The lowest BCUT2D eigenvalue weighted by Crippen LogP contribution is -2.55. The second-order valence-corrected chi connectivity index (χ2v) is 6.18. The van der Waals surface area contributed by atoms with Crippen LogP contribution in [0.3, 0.4) is 0 Å². The minimum Gasteiger partial charge on any atom is -0.368 e. The molecular formula is C19H19FN3O3+. The van der Waals surface area contributed by atoms with Gasteiger partial charge < -0.3 is 9.80 Å². The van der Waals surface area contributed by atoms with E-state index < -0.39 is 11.7 Å². The zero-order valence-corrected chi connectivity index (χ0v) is 14.4. The Morgan fingerprint density at radius 3 is 2.23 bits per heavy atom. The Balaban J connectivity index is 1.67. The zero-order valence-electron chi connectivity index (χ0n) is 14.4. The number of anilines is 1. The molecule has 1 aliphatic rings. The molecule has 0 saturated carbocycles. The second-order valence-electron chi connectivity index (χ2n) is 6.18. The number of nitroso groups, excluding NO2 is 1. The molecule has 0 spiro atoms. The van der Waals surface area contributed by atoms with E-state index >= 15 is 0 Å². The molecule has 0 aliphatic carbocycles. The maximum atomic E-state index is 13.9. The molecule has 0 bridgehead atoms. The van der Waals surface area contributed by atoms with Gasteiger partial charge in [-0.1, -0.05) is 0 Å². The van der Waals surface area contributed by atoms with Crippen molar-refractivity contribution in [3.63, 3.8) is 0 Å². The predicted octanol–water partition coefficient (Wildman–Crippen LogP) is 1.47. The van der Waals surface area contributed by atoms with Crippen LogP contribution in [0.5, 0.6) is 0 Å². The quantitative estimate of drug-likeness (QED) is 0.842. The van der Waals surface area contributed by atoms with E-state index in [0.717, 1.165) is 11.8 Å². The third kappa shape index (κ3) is 3.61. The van der Waals surface area contributed by atoms with Crippen LogP contribution in [-0.4, -0.2) is 42.8 Å². The van der Waals surface area contributed by atoms with Crippen molar-refractivity contribution >= 4 is 23.1 Å². The van der Waals surface area contributed by atoms with Crippen LogP contribution in [0.4, 0.5) is 15.8 Å². The van der Waals surface area contributed by atoms with Crippen molar-refractivity contribution in [1.29, 1.82) is 0 Å². The molecule has 0 radical (unpaired) electrons. The fraction of sp³-hybridized carbons (Fsp3) is 0.263. The van der Waals surface area contributed by atoms with Crippen LogP contribution in [0, 0.1) is 10.7 Å². The third-order valence-corrected chi connectivity index (χ3v) is 4.52. The lowest BCUT2D eigenvalue weighted by molar-refractivity contribution is -0.379. The van der Waals surface area contributed by atoms with Crippen LogP contribution in [0.2, 0.25) is 0 Å². The normalized spacial score (nSPS) is 14.2. The molecule has 1 amide bonds. The molecule has 0 atom stereocenters. The van der Waals surface area contributed by atoms with Crippen molar-refractivity contribution in [3.05, 3.63) is 64.3 Å². The SMILES string of the molecule is CC(=O)c1ccc(N2CCN(C(=O)c3cc([NH+]=O)ccc3F)CC2)cc1. The number of Topliss-reactive ketones (excluding diaryl/α,β-unsaturated/α-hetero) is 1. The third-order valence-electron chi connectivity index (χ3n) is 4.52. The number of carbonyl (C=O) groups is 2. The molecule has 2 aromatic rings. The Hall–Kier alpha value is -3.09. The van der Waals surface area contributed by atoms with Crippen LogP contribution in [-0.2, 0) is 0 Å². The first-order valence-corrected chi connectivity index (χ1v) is 8.32. The fourth-order valence-electron chi connectivity index (χ4n) is 3.00. The van der Waals surface area contributed by atoms with Crippen molar-refractivity contribution in [3.8, 4) is 0 Å². The van der Waals surface area contributed by atoms with Gasteiger partial charge in [-0.05, 0) is 37.3 Å². The number of nitrogens with one attached hydrogen (secondary N) is 1. The lowest BCUT2D eigenvalue weighted by Gasteiger charge is -2.36. The highest BCUT2D eigenvalue weighted by Gasteiger charge is 2.25. The van der Waals surface area contributed by atoms with Gasteiger partial charge in [0.2, 0.25) is 0 Å². The highest BCUT2D eigenvalue weighted by molar-refractivity contribution is 5.95. The van der Waals surface area contributed by atoms with E-state index in [0.29, 0.717) is 31.7 Å². The van der Waals surface area contributed by atoms with Crippen LogP contribution in [0.15, 0.2) is 42.5 Å². The molecular weight excluding hydrogens is 337 g/mol. The summed E-state index contributed by atoms with van der Waals surface area (Å²) in [6.45, 7) is 3.62. The van der Waals surface area contributed by atoms with Gasteiger partial charge in [-0.2, -0.15) is 0 Å². The molecule has 1 N–H and O–H groups in total. The Labute approximate surface area is 150 Å². The summed E-state index contributed by atoms with van der Waals surface area (Å²) in [6.07, 6.45) is 0. The Morgan fingerprint density at radius 1 is 1.00 bits per heavy atom. The fourth-order valence-corrected chi connectivity index (χ4v) is 3.00. The number of carbonyl (C=O) groups excluding carboxylic acids is 2. The molecule has 3 rings (SSSR count). The molecule has 1 saturated heterocycles. The topological polar surface area (TPSA) is 71.7 Å². The Bertz CT molecular complexity index is 844. The highest BCUT2D eigenvalue weighted by Crippen LogP contribution is 2.20. The van der Waals surface area contributed by atoms with E-state index in [4.69, 9.17) is 0 Å². The minimum absolute atomic E-state index is 0.0174. The van der Waals surface area contributed by atoms with Crippen LogP contribution < -0.4 is 10.1 Å². The molecule has 0 aromatic heterocycles. The number of halogens is 1. The molecule has 1 fully saturated rings. The number of nitrogens with zero attached hydrogens (tertiary/aromatic N) is 2. The second kappa shape index (κ2) is 7.43. The molecule has 1 aliphatic heterocycles. The summed E-state index contributed by atoms with van der Waals surface area (Å²) in [5.41, 5.74) is 1.68. The monoisotopic (exact) mass is 356 g/mol.